The maximum atomic E-state index is 6.14. The molecule has 0 saturated heterocycles. The van der Waals surface area contributed by atoms with Gasteiger partial charge in [-0.05, 0) is 32.6 Å². The summed E-state index contributed by atoms with van der Waals surface area (Å²) in [5, 5.41) is 4.22. The van der Waals surface area contributed by atoms with Crippen molar-refractivity contribution in [3.63, 3.8) is 0 Å². The zero-order valence-corrected chi connectivity index (χ0v) is 12.2. The number of hydrogen-bond donors (Lipinski definition) is 1. The van der Waals surface area contributed by atoms with Gasteiger partial charge in [0.1, 0.15) is 0 Å². The van der Waals surface area contributed by atoms with Gasteiger partial charge in [-0.15, -0.1) is 0 Å². The van der Waals surface area contributed by atoms with Gasteiger partial charge in [0.05, 0.1) is 13.2 Å². The standard InChI is InChI=1S/C14H23ClN2O/c1-12(13-6-4-5-7-14(13)15)16-8-10-18-11-9-17(2)3/h4-7,12,16H,8-11H2,1-3H3. The molecule has 0 radical (unpaired) electrons. The summed E-state index contributed by atoms with van der Waals surface area (Å²) in [6, 6.07) is 8.17. The molecule has 0 fully saturated rings. The van der Waals surface area contributed by atoms with Gasteiger partial charge in [-0.2, -0.15) is 0 Å². The molecule has 4 heteroatoms. The average molecular weight is 271 g/mol. The van der Waals surface area contributed by atoms with E-state index in [-0.39, 0.29) is 6.04 Å². The zero-order valence-electron chi connectivity index (χ0n) is 11.4. The van der Waals surface area contributed by atoms with Crippen molar-refractivity contribution in [1.82, 2.24) is 10.2 Å². The van der Waals surface area contributed by atoms with Crippen molar-refractivity contribution >= 4 is 11.6 Å². The summed E-state index contributed by atoms with van der Waals surface area (Å²) in [7, 11) is 4.09. The molecule has 0 bridgehead atoms. The van der Waals surface area contributed by atoms with Crippen LogP contribution in [-0.2, 0) is 4.74 Å². The molecular weight excluding hydrogens is 248 g/mol. The first kappa shape index (κ1) is 15.4. The summed E-state index contributed by atoms with van der Waals surface area (Å²) in [4.78, 5) is 2.11. The largest absolute Gasteiger partial charge is 0.379 e. The first-order chi connectivity index (χ1) is 8.61. The van der Waals surface area contributed by atoms with Crippen molar-refractivity contribution in [3.05, 3.63) is 34.9 Å². The minimum absolute atomic E-state index is 0.246. The van der Waals surface area contributed by atoms with Gasteiger partial charge in [0, 0.05) is 24.2 Å². The first-order valence-electron chi connectivity index (χ1n) is 6.31. The molecule has 0 saturated carbocycles. The molecule has 1 aromatic carbocycles. The third-order valence-corrected chi connectivity index (χ3v) is 3.10. The van der Waals surface area contributed by atoms with E-state index in [0.717, 1.165) is 36.9 Å². The Kier molecular flexibility index (Phi) is 7.28. The molecule has 0 aliphatic rings. The second-order valence-electron chi connectivity index (χ2n) is 4.61. The molecule has 1 unspecified atom stereocenters. The number of hydrogen-bond acceptors (Lipinski definition) is 3. The average Bonchev–Trinajstić information content (AvgIpc) is 2.33. The Bertz CT molecular complexity index is 344. The molecule has 1 atom stereocenters. The van der Waals surface area contributed by atoms with Crippen LogP contribution in [0.15, 0.2) is 24.3 Å². The topological polar surface area (TPSA) is 24.5 Å². The van der Waals surface area contributed by atoms with E-state index >= 15 is 0 Å². The second kappa shape index (κ2) is 8.48. The summed E-state index contributed by atoms with van der Waals surface area (Å²) in [6.07, 6.45) is 0. The number of ether oxygens (including phenoxy) is 1. The van der Waals surface area contributed by atoms with E-state index in [4.69, 9.17) is 16.3 Å². The number of rotatable bonds is 8. The Balaban J connectivity index is 2.18. The number of benzene rings is 1. The molecule has 0 aliphatic heterocycles. The van der Waals surface area contributed by atoms with Crippen LogP contribution in [0.25, 0.3) is 0 Å². The quantitative estimate of drug-likeness (QED) is 0.735. The minimum Gasteiger partial charge on any atom is -0.379 e. The van der Waals surface area contributed by atoms with Crippen molar-refractivity contribution in [3.8, 4) is 0 Å². The lowest BCUT2D eigenvalue weighted by Gasteiger charge is -2.16. The van der Waals surface area contributed by atoms with Crippen molar-refractivity contribution in [1.29, 1.82) is 0 Å². The van der Waals surface area contributed by atoms with E-state index in [1.165, 1.54) is 0 Å². The summed E-state index contributed by atoms with van der Waals surface area (Å²) in [5.74, 6) is 0. The van der Waals surface area contributed by atoms with Crippen LogP contribution >= 0.6 is 11.6 Å². The smallest absolute Gasteiger partial charge is 0.0593 e. The summed E-state index contributed by atoms with van der Waals surface area (Å²) >= 11 is 6.14. The molecule has 3 nitrogen and oxygen atoms in total. The minimum atomic E-state index is 0.246. The van der Waals surface area contributed by atoms with Crippen LogP contribution in [0.3, 0.4) is 0 Å². The molecule has 102 valence electrons. The van der Waals surface area contributed by atoms with Gasteiger partial charge in [-0.3, -0.25) is 0 Å². The molecule has 0 aliphatic carbocycles. The van der Waals surface area contributed by atoms with Crippen molar-refractivity contribution in [2.24, 2.45) is 0 Å². The molecule has 1 N–H and O–H groups in total. The number of likely N-dealkylation sites (N-methyl/N-ethyl adjacent to an activating group) is 1. The lowest BCUT2D eigenvalue weighted by molar-refractivity contribution is 0.118. The van der Waals surface area contributed by atoms with Crippen LogP contribution in [-0.4, -0.2) is 45.3 Å². The van der Waals surface area contributed by atoms with E-state index in [1.807, 2.05) is 38.4 Å². The van der Waals surface area contributed by atoms with Crippen LogP contribution in [0.2, 0.25) is 5.02 Å². The van der Waals surface area contributed by atoms with E-state index in [9.17, 15) is 0 Å². The first-order valence-corrected chi connectivity index (χ1v) is 6.69. The number of nitrogens with one attached hydrogen (secondary N) is 1. The molecule has 0 aromatic heterocycles. The Morgan fingerprint density at radius 1 is 1.28 bits per heavy atom. The molecule has 0 heterocycles. The Hall–Kier alpha value is -0.610. The van der Waals surface area contributed by atoms with E-state index in [1.54, 1.807) is 0 Å². The third-order valence-electron chi connectivity index (χ3n) is 2.75. The van der Waals surface area contributed by atoms with Crippen molar-refractivity contribution < 1.29 is 4.74 Å². The molecular formula is C14H23ClN2O. The molecule has 1 aromatic rings. The van der Waals surface area contributed by atoms with Crippen LogP contribution in [0.4, 0.5) is 0 Å². The van der Waals surface area contributed by atoms with E-state index in [2.05, 4.69) is 17.1 Å². The van der Waals surface area contributed by atoms with Crippen LogP contribution in [0.1, 0.15) is 18.5 Å². The fourth-order valence-corrected chi connectivity index (χ4v) is 1.93. The van der Waals surface area contributed by atoms with Gasteiger partial charge in [0.15, 0.2) is 0 Å². The van der Waals surface area contributed by atoms with Gasteiger partial charge in [0.25, 0.3) is 0 Å². The number of halogens is 1. The predicted molar refractivity (Wildman–Crippen MR) is 77.2 cm³/mol. The summed E-state index contributed by atoms with van der Waals surface area (Å²) in [5.41, 5.74) is 1.13. The Morgan fingerprint density at radius 3 is 2.67 bits per heavy atom. The second-order valence-corrected chi connectivity index (χ2v) is 5.02. The number of nitrogens with zero attached hydrogens (tertiary/aromatic N) is 1. The summed E-state index contributed by atoms with van der Waals surface area (Å²) in [6.45, 7) is 5.40. The van der Waals surface area contributed by atoms with E-state index < -0.39 is 0 Å². The zero-order chi connectivity index (χ0) is 13.4. The molecule has 0 amide bonds. The maximum absolute atomic E-state index is 6.14. The molecule has 0 spiro atoms. The summed E-state index contributed by atoms with van der Waals surface area (Å²) < 4.78 is 5.52. The highest BCUT2D eigenvalue weighted by Crippen LogP contribution is 2.21. The van der Waals surface area contributed by atoms with Crippen LogP contribution in [0.5, 0.6) is 0 Å². The van der Waals surface area contributed by atoms with Gasteiger partial charge in [-0.1, -0.05) is 29.8 Å². The highest BCUT2D eigenvalue weighted by atomic mass is 35.5. The van der Waals surface area contributed by atoms with Gasteiger partial charge < -0.3 is 15.0 Å². The molecule has 1 rings (SSSR count). The Labute approximate surface area is 115 Å². The highest BCUT2D eigenvalue weighted by Gasteiger charge is 2.07. The fourth-order valence-electron chi connectivity index (χ4n) is 1.63. The normalized spacial score (nSPS) is 12.9. The lowest BCUT2D eigenvalue weighted by Crippen LogP contribution is -2.25. The highest BCUT2D eigenvalue weighted by molar-refractivity contribution is 6.31. The fraction of sp³-hybridized carbons (Fsp3) is 0.571. The predicted octanol–water partition coefficient (Wildman–Crippen LogP) is 2.57. The van der Waals surface area contributed by atoms with Crippen molar-refractivity contribution in [2.45, 2.75) is 13.0 Å². The van der Waals surface area contributed by atoms with Gasteiger partial charge in [0.2, 0.25) is 0 Å². The van der Waals surface area contributed by atoms with Crippen LogP contribution in [0, 0.1) is 0 Å². The maximum Gasteiger partial charge on any atom is 0.0593 e. The van der Waals surface area contributed by atoms with Crippen LogP contribution < -0.4 is 5.32 Å². The monoisotopic (exact) mass is 270 g/mol. The van der Waals surface area contributed by atoms with Crippen molar-refractivity contribution in [2.75, 3.05) is 40.4 Å². The van der Waals surface area contributed by atoms with E-state index in [0.29, 0.717) is 0 Å². The third kappa shape index (κ3) is 5.83. The molecule has 18 heavy (non-hydrogen) atoms. The van der Waals surface area contributed by atoms with Gasteiger partial charge in [-0.25, -0.2) is 0 Å². The Morgan fingerprint density at radius 2 is 2.00 bits per heavy atom. The lowest BCUT2D eigenvalue weighted by atomic mass is 10.1. The van der Waals surface area contributed by atoms with Gasteiger partial charge >= 0.3 is 0 Å². The SMILES string of the molecule is CC(NCCOCCN(C)C)c1ccccc1Cl.